The maximum absolute atomic E-state index is 13.7. The molecule has 2 aliphatic carbocycles. The molecule has 2 bridgehead atoms. The first-order valence-corrected chi connectivity index (χ1v) is 16.2. The van der Waals surface area contributed by atoms with Crippen LogP contribution in [-0.2, 0) is 9.47 Å². The van der Waals surface area contributed by atoms with E-state index in [0.29, 0.717) is 12.8 Å². The Balaban J connectivity index is 0.934. The second-order valence-electron chi connectivity index (χ2n) is 13.0. The van der Waals surface area contributed by atoms with Gasteiger partial charge in [-0.05, 0) is 63.8 Å². The largest absolute Gasteiger partial charge is 0.449 e. The molecule has 4 aromatic rings. The zero-order valence-corrected chi connectivity index (χ0v) is 25.5. The van der Waals surface area contributed by atoms with Crippen molar-refractivity contribution in [3.8, 4) is 28.3 Å². The molecule has 0 radical (unpaired) electrons. The third-order valence-electron chi connectivity index (χ3n) is 10.5. The van der Waals surface area contributed by atoms with Crippen LogP contribution in [0.2, 0.25) is 0 Å². The number of amides is 2. The Morgan fingerprint density at radius 1 is 0.696 bits per heavy atom. The van der Waals surface area contributed by atoms with E-state index in [2.05, 4.69) is 59.9 Å². The summed E-state index contributed by atoms with van der Waals surface area (Å²) in [7, 11) is 0. The average molecular weight is 610 g/mol. The monoisotopic (exact) mass is 609 g/mol. The van der Waals surface area contributed by atoms with Gasteiger partial charge in [-0.2, -0.15) is 5.26 Å². The topological polar surface area (TPSA) is 91.7 Å². The molecular weight excluding hydrogens is 574 g/mol. The number of alkyl carbamates (subject to hydrolysis) is 1. The number of hydrogen-bond donors (Lipinski definition) is 1. The molecule has 2 amide bonds. The highest BCUT2D eigenvalue weighted by Gasteiger charge is 2.50. The summed E-state index contributed by atoms with van der Waals surface area (Å²) in [4.78, 5) is 28.8. The van der Waals surface area contributed by atoms with Crippen LogP contribution in [0.25, 0.3) is 22.3 Å². The van der Waals surface area contributed by atoms with Crippen LogP contribution in [-0.4, -0.2) is 47.9 Å². The molecule has 4 aromatic carbocycles. The van der Waals surface area contributed by atoms with Crippen molar-refractivity contribution in [1.82, 2.24) is 10.2 Å². The van der Waals surface area contributed by atoms with Gasteiger partial charge in [0.25, 0.3) is 0 Å². The van der Waals surface area contributed by atoms with Gasteiger partial charge in [-0.1, -0.05) is 97.1 Å². The number of benzene rings is 4. The van der Waals surface area contributed by atoms with Gasteiger partial charge in [-0.25, -0.2) is 9.59 Å². The fraction of sp³-hybridized carbons (Fsp3) is 0.308. The van der Waals surface area contributed by atoms with Gasteiger partial charge in [-0.3, -0.25) is 0 Å². The summed E-state index contributed by atoms with van der Waals surface area (Å²) in [5.74, 6) is -0.0830. The maximum atomic E-state index is 13.7. The Bertz CT molecular complexity index is 1770. The van der Waals surface area contributed by atoms with Gasteiger partial charge in [0.2, 0.25) is 0 Å². The summed E-state index contributed by atoms with van der Waals surface area (Å²) < 4.78 is 11.9. The van der Waals surface area contributed by atoms with Crippen LogP contribution in [0, 0.1) is 11.3 Å². The molecule has 2 heterocycles. The average Bonchev–Trinajstić information content (AvgIpc) is 3.58. The minimum atomic E-state index is -1.11. The van der Waals surface area contributed by atoms with Crippen molar-refractivity contribution < 1.29 is 19.1 Å². The number of nitriles is 1. The van der Waals surface area contributed by atoms with E-state index < -0.39 is 11.6 Å². The molecule has 0 spiro atoms. The fourth-order valence-electron chi connectivity index (χ4n) is 8.47. The molecule has 4 aliphatic rings. The summed E-state index contributed by atoms with van der Waals surface area (Å²) in [6, 6.07) is 35.0. The van der Waals surface area contributed by atoms with Gasteiger partial charge in [0.05, 0.1) is 6.07 Å². The van der Waals surface area contributed by atoms with Crippen molar-refractivity contribution in [3.05, 3.63) is 119 Å². The molecule has 1 N–H and O–H groups in total. The summed E-state index contributed by atoms with van der Waals surface area (Å²) >= 11 is 0. The highest BCUT2D eigenvalue weighted by Crippen LogP contribution is 2.46. The van der Waals surface area contributed by atoms with E-state index in [9.17, 15) is 14.9 Å². The Labute approximate surface area is 268 Å². The predicted molar refractivity (Wildman–Crippen MR) is 174 cm³/mol. The minimum absolute atomic E-state index is 0.0191. The molecule has 0 aromatic heterocycles. The zero-order chi connectivity index (χ0) is 31.3. The number of rotatable bonds is 5. The molecule has 2 atom stereocenters. The lowest BCUT2D eigenvalue weighted by atomic mass is 9.74. The molecule has 230 valence electrons. The van der Waals surface area contributed by atoms with Crippen LogP contribution in [0.4, 0.5) is 9.59 Å². The molecule has 8 rings (SSSR count). The quantitative estimate of drug-likeness (QED) is 0.250. The lowest BCUT2D eigenvalue weighted by molar-refractivity contribution is 0.000726. The Kier molecular flexibility index (Phi) is 7.01. The van der Waals surface area contributed by atoms with Crippen LogP contribution >= 0.6 is 0 Å². The van der Waals surface area contributed by atoms with E-state index in [-0.39, 0.29) is 43.2 Å². The molecule has 7 heteroatoms. The predicted octanol–water partition coefficient (Wildman–Crippen LogP) is 7.75. The van der Waals surface area contributed by atoms with Crippen molar-refractivity contribution in [2.24, 2.45) is 0 Å². The lowest BCUT2D eigenvalue weighted by Crippen LogP contribution is -2.64. The normalized spacial score (nSPS) is 22.5. The van der Waals surface area contributed by atoms with Crippen molar-refractivity contribution >= 4 is 12.2 Å². The van der Waals surface area contributed by atoms with E-state index in [4.69, 9.17) is 9.47 Å². The Hall–Kier alpha value is -5.09. The van der Waals surface area contributed by atoms with Gasteiger partial charge in [0.15, 0.2) is 0 Å². The van der Waals surface area contributed by atoms with Crippen LogP contribution < -0.4 is 5.32 Å². The molecule has 0 saturated carbocycles. The third kappa shape index (κ3) is 4.71. The van der Waals surface area contributed by atoms with Crippen molar-refractivity contribution in [2.45, 2.75) is 61.6 Å². The van der Waals surface area contributed by atoms with Crippen LogP contribution in [0.5, 0.6) is 0 Å². The van der Waals surface area contributed by atoms with Gasteiger partial charge < -0.3 is 19.7 Å². The fourth-order valence-corrected chi connectivity index (χ4v) is 8.47. The number of nitrogens with zero attached hydrogens (tertiary/aromatic N) is 2. The van der Waals surface area contributed by atoms with Crippen LogP contribution in [0.1, 0.15) is 66.2 Å². The number of carbonyl (C=O) groups excluding carboxylic acids is 2. The molecule has 2 saturated heterocycles. The highest BCUT2D eigenvalue weighted by atomic mass is 16.6. The molecule has 2 fully saturated rings. The first-order valence-electron chi connectivity index (χ1n) is 16.2. The van der Waals surface area contributed by atoms with Crippen molar-refractivity contribution in [3.63, 3.8) is 0 Å². The summed E-state index contributed by atoms with van der Waals surface area (Å²) in [6.45, 7) is 0.435. The minimum Gasteiger partial charge on any atom is -0.449 e. The lowest BCUT2D eigenvalue weighted by Gasteiger charge is -2.50. The number of piperidine rings is 2. The van der Waals surface area contributed by atoms with E-state index >= 15 is 0 Å². The number of fused-ring (bicyclic) bond motifs is 8. The third-order valence-corrected chi connectivity index (χ3v) is 10.5. The molecule has 2 aliphatic heterocycles. The smallest absolute Gasteiger partial charge is 0.410 e. The van der Waals surface area contributed by atoms with Crippen molar-refractivity contribution in [2.75, 3.05) is 13.2 Å². The Morgan fingerprint density at radius 2 is 1.11 bits per heavy atom. The molecule has 2 unspecified atom stereocenters. The summed E-state index contributed by atoms with van der Waals surface area (Å²) in [6.07, 6.45) is 2.23. The molecule has 46 heavy (non-hydrogen) atoms. The van der Waals surface area contributed by atoms with Gasteiger partial charge in [-0.15, -0.1) is 0 Å². The summed E-state index contributed by atoms with van der Waals surface area (Å²) in [5.41, 5.74) is 8.20. The standard InChI is InChI=1S/C39H35N3O4/c40-24-39(41-37(43)45-22-35-31-16-5-1-12-27(31)28-13-2-6-17-32(28)35)20-25-10-9-11-26(21-39)42(25)38(44)46-23-36-33-18-7-3-14-29(33)30-15-4-8-19-34(30)36/h1-8,12-19,25-26,35-36H,9-11,20-23H2,(H,41,43). The number of hydrogen-bond acceptors (Lipinski definition) is 5. The second kappa shape index (κ2) is 11.4. The van der Waals surface area contributed by atoms with E-state index in [1.54, 1.807) is 0 Å². The van der Waals surface area contributed by atoms with E-state index in [1.807, 2.05) is 53.4 Å². The SMILES string of the molecule is N#CC1(NC(=O)OCC2c3ccccc3-c3ccccc32)CC2CCCC(C1)N2C(=O)OCC1c2ccccc2-c2ccccc21. The number of ether oxygens (including phenoxy) is 2. The van der Waals surface area contributed by atoms with Crippen LogP contribution in [0.3, 0.4) is 0 Å². The van der Waals surface area contributed by atoms with Gasteiger partial charge >= 0.3 is 12.2 Å². The highest BCUT2D eigenvalue weighted by molar-refractivity contribution is 5.80. The van der Waals surface area contributed by atoms with Gasteiger partial charge in [0.1, 0.15) is 18.8 Å². The molecular formula is C39H35N3O4. The number of carbonyl (C=O) groups is 2. The van der Waals surface area contributed by atoms with Crippen molar-refractivity contribution in [1.29, 1.82) is 5.26 Å². The number of nitrogens with one attached hydrogen (secondary N) is 1. The van der Waals surface area contributed by atoms with Crippen LogP contribution in [0.15, 0.2) is 97.1 Å². The first-order chi connectivity index (χ1) is 22.5. The zero-order valence-electron chi connectivity index (χ0n) is 25.5. The second-order valence-corrected chi connectivity index (χ2v) is 13.0. The van der Waals surface area contributed by atoms with E-state index in [0.717, 1.165) is 41.5 Å². The maximum Gasteiger partial charge on any atom is 0.410 e. The summed E-state index contributed by atoms with van der Waals surface area (Å²) in [5, 5.41) is 13.3. The first kappa shape index (κ1) is 28.4. The van der Waals surface area contributed by atoms with E-state index in [1.165, 1.54) is 22.3 Å². The van der Waals surface area contributed by atoms with Gasteiger partial charge in [0, 0.05) is 36.8 Å². The Morgan fingerprint density at radius 3 is 1.54 bits per heavy atom. The molecule has 7 nitrogen and oxygen atoms in total.